The summed E-state index contributed by atoms with van der Waals surface area (Å²) in [6.45, 7) is 6.08. The van der Waals surface area contributed by atoms with Gasteiger partial charge in [0.1, 0.15) is 17.3 Å². The molecule has 3 heterocycles. The van der Waals surface area contributed by atoms with Gasteiger partial charge >= 0.3 is 0 Å². The molecule has 0 saturated carbocycles. The maximum absolute atomic E-state index is 12.8. The van der Waals surface area contributed by atoms with Gasteiger partial charge in [-0.3, -0.25) is 9.59 Å². The maximum Gasteiger partial charge on any atom is 0.246 e. The lowest BCUT2D eigenvalue weighted by molar-refractivity contribution is -0.128. The third-order valence-electron chi connectivity index (χ3n) is 7.02. The fourth-order valence-corrected chi connectivity index (χ4v) is 4.60. The number of likely N-dealkylation sites (N-methyl/N-ethyl adjacent to an activating group) is 1. The van der Waals surface area contributed by atoms with Gasteiger partial charge in [-0.05, 0) is 94.2 Å². The molecule has 7 nitrogen and oxygen atoms in total. The van der Waals surface area contributed by atoms with E-state index >= 15 is 0 Å². The molecule has 1 fully saturated rings. The van der Waals surface area contributed by atoms with Gasteiger partial charge in [-0.15, -0.1) is 0 Å². The minimum absolute atomic E-state index is 0.0818. The first kappa shape index (κ1) is 24.7. The quantitative estimate of drug-likeness (QED) is 0.505. The van der Waals surface area contributed by atoms with Crippen LogP contribution in [0.5, 0.6) is 5.75 Å². The highest BCUT2D eigenvalue weighted by atomic mass is 16.5. The number of ether oxygens (including phenoxy) is 1. The van der Waals surface area contributed by atoms with Gasteiger partial charge in [-0.2, -0.15) is 0 Å². The number of anilines is 1. The molecular weight excluding hydrogens is 440 g/mol. The topological polar surface area (TPSA) is 74.8 Å². The summed E-state index contributed by atoms with van der Waals surface area (Å²) in [5, 5.41) is 3.01. The number of para-hydroxylation sites is 1. The number of allylic oxidation sites excluding steroid dienone is 1. The molecular formula is C28H34N4O3. The fraction of sp³-hybridized carbons (Fsp3) is 0.393. The first-order valence-corrected chi connectivity index (χ1v) is 12.1. The molecule has 1 spiro atoms. The van der Waals surface area contributed by atoms with Crippen molar-refractivity contribution in [3.8, 4) is 5.75 Å². The highest BCUT2D eigenvalue weighted by Gasteiger charge is 2.44. The molecule has 2 amide bonds. The average Bonchev–Trinajstić information content (AvgIpc) is 2.85. The Kier molecular flexibility index (Phi) is 7.36. The molecule has 0 aliphatic carbocycles. The molecule has 0 unspecified atom stereocenters. The molecule has 0 radical (unpaired) electrons. The minimum Gasteiger partial charge on any atom is -0.460 e. The van der Waals surface area contributed by atoms with Crippen LogP contribution in [0.2, 0.25) is 0 Å². The van der Waals surface area contributed by atoms with E-state index < -0.39 is 0 Å². The summed E-state index contributed by atoms with van der Waals surface area (Å²) in [4.78, 5) is 33.9. The molecule has 184 valence electrons. The van der Waals surface area contributed by atoms with Crippen molar-refractivity contribution in [3.63, 3.8) is 0 Å². The lowest BCUT2D eigenvalue weighted by Gasteiger charge is -2.42. The second kappa shape index (κ2) is 10.4. The Morgan fingerprint density at radius 3 is 2.74 bits per heavy atom. The number of piperidine rings is 1. The lowest BCUT2D eigenvalue weighted by Crippen LogP contribution is -2.49. The SMILES string of the molecule is C/C=C(\CN(C)C(=O)/C=C/c1cnc2c(c1)CC1(CCN(C)CC1)C(=O)N2)Oc1ccccc1C. The van der Waals surface area contributed by atoms with Crippen LogP contribution in [-0.4, -0.2) is 60.3 Å². The zero-order chi connectivity index (χ0) is 25.0. The second-order valence-electron chi connectivity index (χ2n) is 9.64. The molecule has 7 heteroatoms. The van der Waals surface area contributed by atoms with Crippen molar-refractivity contribution in [2.45, 2.75) is 33.1 Å². The third-order valence-corrected chi connectivity index (χ3v) is 7.02. The second-order valence-corrected chi connectivity index (χ2v) is 9.64. The van der Waals surface area contributed by atoms with Crippen LogP contribution in [0.1, 0.15) is 36.5 Å². The van der Waals surface area contributed by atoms with Crippen molar-refractivity contribution >= 4 is 23.7 Å². The number of pyridine rings is 1. The normalized spacial score (nSPS) is 17.8. The summed E-state index contributed by atoms with van der Waals surface area (Å²) < 4.78 is 6.01. The Morgan fingerprint density at radius 2 is 2.03 bits per heavy atom. The van der Waals surface area contributed by atoms with E-state index in [0.717, 1.165) is 48.4 Å². The van der Waals surface area contributed by atoms with Crippen LogP contribution < -0.4 is 10.1 Å². The predicted molar refractivity (Wildman–Crippen MR) is 138 cm³/mol. The number of nitrogens with zero attached hydrogens (tertiary/aromatic N) is 3. The Morgan fingerprint density at radius 1 is 1.29 bits per heavy atom. The van der Waals surface area contributed by atoms with Crippen LogP contribution in [0.25, 0.3) is 6.08 Å². The van der Waals surface area contributed by atoms with Crippen LogP contribution in [0.15, 0.2) is 54.4 Å². The molecule has 2 aliphatic heterocycles. The summed E-state index contributed by atoms with van der Waals surface area (Å²) in [6.07, 6.45) is 9.27. The van der Waals surface area contributed by atoms with E-state index in [1.165, 1.54) is 0 Å². The summed E-state index contributed by atoms with van der Waals surface area (Å²) in [7, 11) is 3.84. The van der Waals surface area contributed by atoms with Crippen molar-refractivity contribution in [3.05, 3.63) is 71.1 Å². The molecule has 1 saturated heterocycles. The standard InChI is InChI=1S/C28H34N4O3/c1-5-23(35-24-9-7-6-8-20(24)2)19-32(4)25(33)11-10-21-16-22-17-28(12-14-31(3)15-13-28)27(34)30-26(22)29-18-21/h5-11,16,18H,12-15,17,19H2,1-4H3,(H,29,30,34)/b11-10+,23-5+. The van der Waals surface area contributed by atoms with Crippen LogP contribution in [-0.2, 0) is 16.0 Å². The van der Waals surface area contributed by atoms with E-state index in [1.54, 1.807) is 30.3 Å². The number of aryl methyl sites for hydroxylation is 1. The van der Waals surface area contributed by atoms with E-state index in [2.05, 4.69) is 22.2 Å². The minimum atomic E-state index is -0.362. The van der Waals surface area contributed by atoms with E-state index in [-0.39, 0.29) is 17.2 Å². The number of fused-ring (bicyclic) bond motifs is 1. The van der Waals surface area contributed by atoms with Crippen molar-refractivity contribution in [2.75, 3.05) is 39.0 Å². The van der Waals surface area contributed by atoms with Crippen LogP contribution in [0.3, 0.4) is 0 Å². The molecule has 2 aliphatic rings. The number of hydrogen-bond acceptors (Lipinski definition) is 5. The van der Waals surface area contributed by atoms with E-state index in [0.29, 0.717) is 24.5 Å². The number of likely N-dealkylation sites (tertiary alicyclic amines) is 1. The average molecular weight is 475 g/mol. The lowest BCUT2D eigenvalue weighted by atomic mass is 9.71. The van der Waals surface area contributed by atoms with Gasteiger partial charge in [0.05, 0.1) is 12.0 Å². The highest BCUT2D eigenvalue weighted by molar-refractivity contribution is 5.98. The number of carbonyl (C=O) groups excluding carboxylic acids is 2. The monoisotopic (exact) mass is 474 g/mol. The van der Waals surface area contributed by atoms with Crippen LogP contribution in [0, 0.1) is 12.3 Å². The van der Waals surface area contributed by atoms with E-state index in [4.69, 9.17) is 4.74 Å². The molecule has 1 aromatic heterocycles. The summed E-state index contributed by atoms with van der Waals surface area (Å²) in [5.74, 6) is 2.07. The number of hydrogen-bond donors (Lipinski definition) is 1. The van der Waals surface area contributed by atoms with Gasteiger partial charge in [0.25, 0.3) is 0 Å². The van der Waals surface area contributed by atoms with Gasteiger partial charge in [-0.25, -0.2) is 4.98 Å². The van der Waals surface area contributed by atoms with Crippen LogP contribution in [0.4, 0.5) is 5.82 Å². The Bertz CT molecular complexity index is 1160. The Labute approximate surface area is 207 Å². The molecule has 2 aromatic rings. The fourth-order valence-electron chi connectivity index (χ4n) is 4.60. The first-order valence-electron chi connectivity index (χ1n) is 12.1. The van der Waals surface area contributed by atoms with Crippen molar-refractivity contribution in [1.82, 2.24) is 14.8 Å². The molecule has 1 aromatic carbocycles. The number of aromatic nitrogens is 1. The zero-order valence-corrected chi connectivity index (χ0v) is 21.0. The van der Waals surface area contributed by atoms with Gasteiger partial charge in [0.15, 0.2) is 0 Å². The van der Waals surface area contributed by atoms with Crippen molar-refractivity contribution in [1.29, 1.82) is 0 Å². The van der Waals surface area contributed by atoms with Crippen molar-refractivity contribution < 1.29 is 14.3 Å². The summed E-state index contributed by atoms with van der Waals surface area (Å²) >= 11 is 0. The summed E-state index contributed by atoms with van der Waals surface area (Å²) in [6, 6.07) is 9.84. The molecule has 0 atom stereocenters. The Balaban J connectivity index is 1.40. The largest absolute Gasteiger partial charge is 0.460 e. The smallest absolute Gasteiger partial charge is 0.246 e. The van der Waals surface area contributed by atoms with E-state index in [1.807, 2.05) is 50.3 Å². The summed E-state index contributed by atoms with van der Waals surface area (Å²) in [5.41, 5.74) is 2.55. The molecule has 4 rings (SSSR count). The van der Waals surface area contributed by atoms with Crippen molar-refractivity contribution in [2.24, 2.45) is 5.41 Å². The Hall–Kier alpha value is -3.45. The number of benzene rings is 1. The van der Waals surface area contributed by atoms with Crippen LogP contribution >= 0.6 is 0 Å². The number of nitrogens with one attached hydrogen (secondary N) is 1. The molecule has 35 heavy (non-hydrogen) atoms. The maximum atomic E-state index is 12.8. The molecule has 1 N–H and O–H groups in total. The third kappa shape index (κ3) is 5.62. The van der Waals surface area contributed by atoms with Gasteiger partial charge in [0.2, 0.25) is 11.8 Å². The molecule has 0 bridgehead atoms. The van der Waals surface area contributed by atoms with E-state index in [9.17, 15) is 9.59 Å². The number of amides is 2. The van der Waals surface area contributed by atoms with Gasteiger partial charge in [0, 0.05) is 19.3 Å². The highest BCUT2D eigenvalue weighted by Crippen LogP contribution is 2.40. The number of rotatable bonds is 6. The number of carbonyl (C=O) groups is 2. The first-order chi connectivity index (χ1) is 16.8. The predicted octanol–water partition coefficient (Wildman–Crippen LogP) is 4.05. The zero-order valence-electron chi connectivity index (χ0n) is 21.0. The van der Waals surface area contributed by atoms with Gasteiger partial charge < -0.3 is 19.9 Å². The van der Waals surface area contributed by atoms with Gasteiger partial charge in [-0.1, -0.05) is 18.2 Å².